The third-order valence-electron chi connectivity index (χ3n) is 6.07. The van der Waals surface area contributed by atoms with Crippen LogP contribution < -0.4 is 23.5 Å². The zero-order valence-electron chi connectivity index (χ0n) is 25.4. The summed E-state index contributed by atoms with van der Waals surface area (Å²) in [5, 5.41) is 0. The van der Waals surface area contributed by atoms with Gasteiger partial charge in [-0.05, 0) is 48.5 Å². The van der Waals surface area contributed by atoms with Crippen LogP contribution in [0.25, 0.3) is 0 Å². The molecule has 9 nitrogen and oxygen atoms in total. The number of halogens is 1. The molecule has 0 saturated carbocycles. The van der Waals surface area contributed by atoms with Gasteiger partial charge in [0.25, 0.3) is 0 Å². The van der Waals surface area contributed by atoms with Gasteiger partial charge in [-0.25, -0.2) is 0 Å². The van der Waals surface area contributed by atoms with Crippen molar-refractivity contribution in [2.45, 2.75) is 13.2 Å². The molecule has 1 heterocycles. The van der Waals surface area contributed by atoms with Crippen molar-refractivity contribution in [2.24, 2.45) is 7.05 Å². The molecule has 0 atom stereocenters. The number of pyridine rings is 1. The monoisotopic (exact) mass is 672 g/mol. The smallest absolute Gasteiger partial charge is 0.208 e. The summed E-state index contributed by atoms with van der Waals surface area (Å²) >= 11 is 3.60. The van der Waals surface area contributed by atoms with Crippen molar-refractivity contribution in [2.75, 3.05) is 66.1 Å². The average molecular weight is 674 g/mol. The van der Waals surface area contributed by atoms with Crippen LogP contribution in [-0.2, 0) is 39.2 Å². The van der Waals surface area contributed by atoms with Crippen molar-refractivity contribution in [3.63, 3.8) is 0 Å². The van der Waals surface area contributed by atoms with E-state index in [9.17, 15) is 0 Å². The minimum atomic E-state index is 0.435. The molecule has 0 fully saturated rings. The van der Waals surface area contributed by atoms with E-state index >= 15 is 0 Å². The number of benzene rings is 2. The van der Waals surface area contributed by atoms with Gasteiger partial charge in [0.15, 0.2) is 0 Å². The van der Waals surface area contributed by atoms with E-state index in [2.05, 4.69) is 33.7 Å². The van der Waals surface area contributed by atoms with Crippen LogP contribution in [0.15, 0.2) is 90.4 Å². The van der Waals surface area contributed by atoms with Crippen molar-refractivity contribution in [3.8, 4) is 23.0 Å². The summed E-state index contributed by atoms with van der Waals surface area (Å²) in [6.45, 7) is 12.9. The van der Waals surface area contributed by atoms with Gasteiger partial charge >= 0.3 is 0 Å². The lowest BCUT2D eigenvalue weighted by molar-refractivity contribution is -0.690. The van der Waals surface area contributed by atoms with Gasteiger partial charge in [-0.3, -0.25) is 0 Å². The molecule has 0 aliphatic rings. The van der Waals surface area contributed by atoms with E-state index in [0.29, 0.717) is 79.3 Å². The lowest BCUT2D eigenvalue weighted by Crippen LogP contribution is -2.39. The summed E-state index contributed by atoms with van der Waals surface area (Å²) in [7, 11) is 2.00. The molecule has 0 aliphatic heterocycles. The number of rotatable bonds is 24. The number of aromatic nitrogens is 1. The zero-order valence-corrected chi connectivity index (χ0v) is 27.0. The Morgan fingerprint density at radius 2 is 0.864 bits per heavy atom. The molecule has 238 valence electrons. The second kappa shape index (κ2) is 21.3. The molecule has 3 rings (SSSR count). The van der Waals surface area contributed by atoms with Crippen molar-refractivity contribution in [1.29, 1.82) is 0 Å². The van der Waals surface area contributed by atoms with Crippen LogP contribution in [0, 0.1) is 0 Å². The van der Waals surface area contributed by atoms with Gasteiger partial charge in [0, 0.05) is 16.6 Å². The van der Waals surface area contributed by atoms with Gasteiger partial charge in [-0.15, -0.1) is 13.2 Å². The van der Waals surface area contributed by atoms with Gasteiger partial charge in [0.05, 0.1) is 39.6 Å². The van der Waals surface area contributed by atoms with Crippen LogP contribution in [0.2, 0.25) is 0 Å². The van der Waals surface area contributed by atoms with Gasteiger partial charge in [-0.2, -0.15) is 4.57 Å². The van der Waals surface area contributed by atoms with Crippen molar-refractivity contribution < 1.29 is 42.5 Å². The average Bonchev–Trinajstić information content (AvgIpc) is 3.03. The van der Waals surface area contributed by atoms with Crippen molar-refractivity contribution >= 4 is 15.9 Å². The molecule has 0 aliphatic carbocycles. The van der Waals surface area contributed by atoms with E-state index in [1.54, 1.807) is 12.2 Å². The fourth-order valence-corrected chi connectivity index (χ4v) is 4.37. The molecular weight excluding hydrogens is 630 g/mol. The molecule has 1 aromatic heterocycles. The Bertz CT molecular complexity index is 1140. The number of nitrogens with zero attached hydrogens (tertiary/aromatic N) is 1. The maximum Gasteiger partial charge on any atom is 0.208 e. The highest BCUT2D eigenvalue weighted by molar-refractivity contribution is 9.10. The summed E-state index contributed by atoms with van der Waals surface area (Å²) in [5.41, 5.74) is 2.03. The first kappa shape index (κ1) is 35.1. The minimum Gasteiger partial charge on any atom is -0.491 e. The highest BCUT2D eigenvalue weighted by Crippen LogP contribution is 2.19. The maximum absolute atomic E-state index is 5.89. The fourth-order valence-electron chi connectivity index (χ4n) is 3.84. The highest BCUT2D eigenvalue weighted by Gasteiger charge is 2.15. The maximum atomic E-state index is 5.89. The standard InChI is InChI=1S/C34H43BrNO8/c1-4-14-37-16-20-41-31-6-10-33(11-7-31)43-22-18-39-26-29-24-28(35)25-30(36(29)3)27-40-19-23-44-34-12-8-32(9-13-34)42-21-17-38-15-5-2/h4-13,24-25H,1-2,14-23,26-27H2,3H3/q+1. The highest BCUT2D eigenvalue weighted by atomic mass is 79.9. The molecule has 0 N–H and O–H groups in total. The Balaban J connectivity index is 1.30. The first-order valence-electron chi connectivity index (χ1n) is 14.5. The normalized spacial score (nSPS) is 10.8. The third kappa shape index (κ3) is 13.9. The molecule has 0 bridgehead atoms. The van der Waals surface area contributed by atoms with Crippen LogP contribution in [0.3, 0.4) is 0 Å². The lowest BCUT2D eigenvalue weighted by Gasteiger charge is -2.11. The van der Waals surface area contributed by atoms with Gasteiger partial charge in [0.1, 0.15) is 69.7 Å². The lowest BCUT2D eigenvalue weighted by atomic mass is 10.3. The Kier molecular flexibility index (Phi) is 17.0. The van der Waals surface area contributed by atoms with Crippen LogP contribution in [0.4, 0.5) is 0 Å². The summed E-state index contributed by atoms with van der Waals surface area (Å²) in [5.74, 6) is 3.05. The second-order valence-corrected chi connectivity index (χ2v) is 10.3. The molecule has 0 amide bonds. The quantitative estimate of drug-likeness (QED) is 0.0689. The molecule has 3 aromatic rings. The number of hydrogen-bond acceptors (Lipinski definition) is 8. The van der Waals surface area contributed by atoms with Crippen molar-refractivity contribution in [1.82, 2.24) is 0 Å². The van der Waals surface area contributed by atoms with E-state index in [1.807, 2.05) is 67.7 Å². The molecule has 0 radical (unpaired) electrons. The molecule has 2 aromatic carbocycles. The second-order valence-electron chi connectivity index (χ2n) is 9.38. The van der Waals surface area contributed by atoms with Crippen LogP contribution >= 0.6 is 15.9 Å². The van der Waals surface area contributed by atoms with Crippen molar-refractivity contribution in [3.05, 3.63) is 102 Å². The first-order valence-corrected chi connectivity index (χ1v) is 15.3. The predicted molar refractivity (Wildman–Crippen MR) is 172 cm³/mol. The molecule has 10 heteroatoms. The zero-order chi connectivity index (χ0) is 31.2. The molecule has 44 heavy (non-hydrogen) atoms. The van der Waals surface area contributed by atoms with E-state index in [-0.39, 0.29) is 0 Å². The van der Waals surface area contributed by atoms with Crippen LogP contribution in [-0.4, -0.2) is 66.1 Å². The summed E-state index contributed by atoms with van der Waals surface area (Å²) in [6.07, 6.45) is 3.43. The Labute approximate surface area is 269 Å². The van der Waals surface area contributed by atoms with Gasteiger partial charge in [0.2, 0.25) is 11.4 Å². The molecule has 0 unspecified atom stereocenters. The number of ether oxygens (including phenoxy) is 8. The predicted octanol–water partition coefficient (Wildman–Crippen LogP) is 5.63. The molecule has 0 spiro atoms. The molecule has 0 saturated heterocycles. The van der Waals surface area contributed by atoms with Crippen LogP contribution in [0.1, 0.15) is 11.4 Å². The Morgan fingerprint density at radius 3 is 1.18 bits per heavy atom. The van der Waals surface area contributed by atoms with E-state index in [4.69, 9.17) is 37.9 Å². The first-order chi connectivity index (χ1) is 21.6. The van der Waals surface area contributed by atoms with Crippen LogP contribution in [0.5, 0.6) is 23.0 Å². The number of hydrogen-bond donors (Lipinski definition) is 0. The Hall–Kier alpha value is -3.41. The fraction of sp³-hybridized carbons (Fsp3) is 0.382. The SMILES string of the molecule is C=CCOCCOc1ccc(OCCOCc2cc(Br)cc(COCCOc3ccc(OCCOCC=C)cc3)[n+]2C)cc1. The minimum absolute atomic E-state index is 0.435. The largest absolute Gasteiger partial charge is 0.491 e. The van der Waals surface area contributed by atoms with Gasteiger partial charge in [-0.1, -0.05) is 28.1 Å². The summed E-state index contributed by atoms with van der Waals surface area (Å²) < 4.78 is 48.3. The Morgan fingerprint density at radius 1 is 0.545 bits per heavy atom. The topological polar surface area (TPSA) is 77.7 Å². The summed E-state index contributed by atoms with van der Waals surface area (Å²) in [6, 6.07) is 19.1. The van der Waals surface area contributed by atoms with E-state index < -0.39 is 0 Å². The summed E-state index contributed by atoms with van der Waals surface area (Å²) in [4.78, 5) is 0. The third-order valence-corrected chi connectivity index (χ3v) is 6.53. The van der Waals surface area contributed by atoms with Gasteiger partial charge < -0.3 is 37.9 Å². The molecular formula is C34H43BrNO8+. The van der Waals surface area contributed by atoms with E-state index in [0.717, 1.165) is 38.9 Å². The van der Waals surface area contributed by atoms with E-state index in [1.165, 1.54) is 0 Å².